The highest BCUT2D eigenvalue weighted by atomic mass is 16.5. The molecule has 144 valence electrons. The minimum Gasteiger partial charge on any atom is -0.466 e. The average molecular weight is 355 g/mol. The number of aliphatic hydroxyl groups excluding tert-OH is 1. The van der Waals surface area contributed by atoms with E-state index in [1.165, 1.54) is 7.11 Å². The molecule has 1 heterocycles. The lowest BCUT2D eigenvalue weighted by atomic mass is 9.83. The van der Waals surface area contributed by atoms with Crippen molar-refractivity contribution in [1.82, 2.24) is 4.90 Å². The summed E-state index contributed by atoms with van der Waals surface area (Å²) in [6.45, 7) is 5.32. The van der Waals surface area contributed by atoms with Crippen LogP contribution in [0.5, 0.6) is 0 Å². The summed E-state index contributed by atoms with van der Waals surface area (Å²) < 4.78 is 9.85. The van der Waals surface area contributed by atoms with Crippen LogP contribution < -0.4 is 0 Å². The number of hydrogen-bond donors (Lipinski definition) is 1. The zero-order valence-corrected chi connectivity index (χ0v) is 15.8. The maximum absolute atomic E-state index is 11.9. The van der Waals surface area contributed by atoms with Gasteiger partial charge < -0.3 is 19.5 Å². The number of rotatable bonds is 9. The maximum Gasteiger partial charge on any atom is 0.409 e. The van der Waals surface area contributed by atoms with E-state index in [2.05, 4.69) is 6.92 Å². The second-order valence-corrected chi connectivity index (χ2v) is 6.59. The van der Waals surface area contributed by atoms with Crippen molar-refractivity contribution < 1.29 is 24.2 Å². The van der Waals surface area contributed by atoms with Gasteiger partial charge in [-0.2, -0.15) is 0 Å². The predicted octanol–water partition coefficient (Wildman–Crippen LogP) is 3.14. The molecule has 0 aromatic rings. The van der Waals surface area contributed by atoms with Gasteiger partial charge in [-0.15, -0.1) is 0 Å². The molecule has 1 N–H and O–H groups in total. The lowest BCUT2D eigenvalue weighted by Crippen LogP contribution is -2.44. The molecule has 25 heavy (non-hydrogen) atoms. The highest BCUT2D eigenvalue weighted by Crippen LogP contribution is 2.28. The first-order valence-electron chi connectivity index (χ1n) is 9.36. The Bertz CT molecular complexity index is 438. The van der Waals surface area contributed by atoms with E-state index in [4.69, 9.17) is 9.47 Å². The summed E-state index contributed by atoms with van der Waals surface area (Å²) >= 11 is 0. The Kier molecular flexibility index (Phi) is 10.2. The number of carbonyl (C=O) groups excluding carboxylic acids is 2. The highest BCUT2D eigenvalue weighted by molar-refractivity contribution is 5.70. The molecular weight excluding hydrogens is 322 g/mol. The fourth-order valence-corrected chi connectivity index (χ4v) is 3.22. The normalized spacial score (nSPS) is 22.0. The van der Waals surface area contributed by atoms with Crippen LogP contribution in [0.1, 0.15) is 52.4 Å². The molecule has 3 unspecified atom stereocenters. The molecule has 1 fully saturated rings. The SMILES string of the molecule is CCCCCC(O)/C=C/C1CCN(C(=O)OC)CC1CC(=O)OCC. The number of piperidine rings is 1. The largest absolute Gasteiger partial charge is 0.466 e. The fraction of sp³-hybridized carbons (Fsp3) is 0.789. The van der Waals surface area contributed by atoms with Gasteiger partial charge in [0.2, 0.25) is 0 Å². The molecule has 1 saturated heterocycles. The lowest BCUT2D eigenvalue weighted by Gasteiger charge is -2.36. The van der Waals surface area contributed by atoms with Crippen LogP contribution in [-0.4, -0.2) is 55.0 Å². The molecule has 6 nitrogen and oxygen atoms in total. The van der Waals surface area contributed by atoms with Crippen molar-refractivity contribution in [2.75, 3.05) is 26.8 Å². The topological polar surface area (TPSA) is 76.1 Å². The van der Waals surface area contributed by atoms with Crippen molar-refractivity contribution in [3.05, 3.63) is 12.2 Å². The van der Waals surface area contributed by atoms with E-state index in [1.54, 1.807) is 11.8 Å². The summed E-state index contributed by atoms with van der Waals surface area (Å²) in [6, 6.07) is 0. The van der Waals surface area contributed by atoms with E-state index >= 15 is 0 Å². The summed E-state index contributed by atoms with van der Waals surface area (Å²) in [5.41, 5.74) is 0. The van der Waals surface area contributed by atoms with Crippen molar-refractivity contribution in [3.63, 3.8) is 0 Å². The van der Waals surface area contributed by atoms with Crippen molar-refractivity contribution in [3.8, 4) is 0 Å². The van der Waals surface area contributed by atoms with Gasteiger partial charge in [0.25, 0.3) is 0 Å². The quantitative estimate of drug-likeness (QED) is 0.391. The number of allylic oxidation sites excluding steroid dienone is 1. The molecule has 1 aliphatic rings. The maximum atomic E-state index is 11.9. The number of carbonyl (C=O) groups is 2. The summed E-state index contributed by atoms with van der Waals surface area (Å²) in [5, 5.41) is 10.1. The van der Waals surface area contributed by atoms with Crippen LogP contribution in [0.15, 0.2) is 12.2 Å². The van der Waals surface area contributed by atoms with Crippen molar-refractivity contribution in [1.29, 1.82) is 0 Å². The second-order valence-electron chi connectivity index (χ2n) is 6.59. The third kappa shape index (κ3) is 7.90. The molecule has 3 atom stereocenters. The first-order chi connectivity index (χ1) is 12.0. The van der Waals surface area contributed by atoms with E-state index in [-0.39, 0.29) is 30.3 Å². The fourth-order valence-electron chi connectivity index (χ4n) is 3.22. The van der Waals surface area contributed by atoms with Crippen LogP contribution in [0.25, 0.3) is 0 Å². The van der Waals surface area contributed by atoms with E-state index in [0.717, 1.165) is 32.1 Å². The zero-order valence-electron chi connectivity index (χ0n) is 15.8. The van der Waals surface area contributed by atoms with Crippen molar-refractivity contribution >= 4 is 12.1 Å². The predicted molar refractivity (Wildman–Crippen MR) is 96.1 cm³/mol. The average Bonchev–Trinajstić information content (AvgIpc) is 2.60. The van der Waals surface area contributed by atoms with Crippen molar-refractivity contribution in [2.24, 2.45) is 11.8 Å². The Balaban J connectivity index is 2.66. The molecule has 6 heteroatoms. The number of methoxy groups -OCH3 is 1. The van der Waals surface area contributed by atoms with E-state index in [9.17, 15) is 14.7 Å². The molecule has 1 rings (SSSR count). The van der Waals surface area contributed by atoms with Gasteiger partial charge in [-0.05, 0) is 31.6 Å². The number of hydrogen-bond acceptors (Lipinski definition) is 5. The first-order valence-corrected chi connectivity index (χ1v) is 9.36. The van der Waals surface area contributed by atoms with Gasteiger partial charge in [0.15, 0.2) is 0 Å². The minimum atomic E-state index is -0.451. The Morgan fingerprint density at radius 2 is 2.08 bits per heavy atom. The summed E-state index contributed by atoms with van der Waals surface area (Å²) in [6.07, 6.45) is 8.06. The Morgan fingerprint density at radius 1 is 1.32 bits per heavy atom. The number of unbranched alkanes of at least 4 members (excludes halogenated alkanes) is 2. The number of ether oxygens (including phenoxy) is 2. The first kappa shape index (κ1) is 21.5. The van der Waals surface area contributed by atoms with Gasteiger partial charge in [-0.3, -0.25) is 4.79 Å². The van der Waals surface area contributed by atoms with Crippen LogP contribution in [-0.2, 0) is 14.3 Å². The van der Waals surface area contributed by atoms with Gasteiger partial charge >= 0.3 is 12.1 Å². The standard InChI is InChI=1S/C19H33NO5/c1-4-6-7-8-17(21)10-9-15-11-12-20(19(23)24-3)14-16(15)13-18(22)25-5-2/h9-10,15-17,21H,4-8,11-14H2,1-3H3/b10-9+. The molecule has 1 amide bonds. The third-order valence-electron chi connectivity index (χ3n) is 4.64. The lowest BCUT2D eigenvalue weighted by molar-refractivity contribution is -0.145. The second kappa shape index (κ2) is 11.9. The van der Waals surface area contributed by atoms with Gasteiger partial charge in [-0.1, -0.05) is 38.3 Å². The Hall–Kier alpha value is -1.56. The molecule has 1 aliphatic heterocycles. The number of likely N-dealkylation sites (tertiary alicyclic amines) is 1. The number of nitrogens with zero attached hydrogens (tertiary/aromatic N) is 1. The monoisotopic (exact) mass is 355 g/mol. The molecule has 0 aromatic heterocycles. The molecule has 0 aliphatic carbocycles. The molecule has 0 saturated carbocycles. The number of aliphatic hydroxyl groups is 1. The minimum absolute atomic E-state index is 0.0222. The van der Waals surface area contributed by atoms with Crippen LogP contribution in [0.3, 0.4) is 0 Å². The smallest absolute Gasteiger partial charge is 0.409 e. The van der Waals surface area contributed by atoms with Gasteiger partial charge in [0, 0.05) is 13.1 Å². The Labute approximate surface area is 151 Å². The van der Waals surface area contributed by atoms with Crippen LogP contribution in [0.4, 0.5) is 4.79 Å². The number of amides is 1. The summed E-state index contributed by atoms with van der Waals surface area (Å²) in [7, 11) is 1.36. The van der Waals surface area contributed by atoms with Crippen molar-refractivity contribution in [2.45, 2.75) is 58.5 Å². The van der Waals surface area contributed by atoms with Gasteiger partial charge in [-0.25, -0.2) is 4.79 Å². The Morgan fingerprint density at radius 3 is 2.72 bits per heavy atom. The molecule has 0 bridgehead atoms. The molecule has 0 aromatic carbocycles. The summed E-state index contributed by atoms with van der Waals surface area (Å²) in [4.78, 5) is 25.3. The zero-order chi connectivity index (χ0) is 18.7. The molecule has 0 spiro atoms. The third-order valence-corrected chi connectivity index (χ3v) is 4.64. The van der Waals surface area contributed by atoms with E-state index in [0.29, 0.717) is 19.7 Å². The highest BCUT2D eigenvalue weighted by Gasteiger charge is 2.32. The van der Waals surface area contributed by atoms with Crippen LogP contribution in [0.2, 0.25) is 0 Å². The number of esters is 1. The molecular formula is C19H33NO5. The van der Waals surface area contributed by atoms with Gasteiger partial charge in [0.1, 0.15) is 0 Å². The summed E-state index contributed by atoms with van der Waals surface area (Å²) in [5.74, 6) is -0.127. The molecule has 0 radical (unpaired) electrons. The van der Waals surface area contributed by atoms with Crippen LogP contribution in [0, 0.1) is 11.8 Å². The van der Waals surface area contributed by atoms with Gasteiger partial charge in [0.05, 0.1) is 26.2 Å². The van der Waals surface area contributed by atoms with E-state index < -0.39 is 6.10 Å². The van der Waals surface area contributed by atoms with Crippen LogP contribution >= 0.6 is 0 Å². The van der Waals surface area contributed by atoms with E-state index in [1.807, 2.05) is 12.2 Å².